The lowest BCUT2D eigenvalue weighted by Gasteiger charge is -2.05. The second kappa shape index (κ2) is 6.36. The highest BCUT2D eigenvalue weighted by molar-refractivity contribution is 6.08. The van der Waals surface area contributed by atoms with Gasteiger partial charge in [-0.2, -0.15) is 5.26 Å². The molecule has 0 spiro atoms. The Labute approximate surface area is 111 Å². The summed E-state index contributed by atoms with van der Waals surface area (Å²) in [6, 6.07) is 8.23. The van der Waals surface area contributed by atoms with Crippen LogP contribution in [-0.4, -0.2) is 11.9 Å². The first-order valence-corrected chi connectivity index (χ1v) is 5.76. The summed E-state index contributed by atoms with van der Waals surface area (Å²) in [5, 5.41) is 10.7. The van der Waals surface area contributed by atoms with Gasteiger partial charge in [0.2, 0.25) is 0 Å². The lowest BCUT2D eigenvalue weighted by molar-refractivity contribution is -0.115. The number of primary amides is 1. The van der Waals surface area contributed by atoms with E-state index in [1.54, 1.807) is 6.07 Å². The Morgan fingerprint density at radius 3 is 2.32 bits per heavy atom. The summed E-state index contributed by atoms with van der Waals surface area (Å²) < 4.78 is 0. The second-order valence-electron chi connectivity index (χ2n) is 4.31. The molecule has 3 N–H and O–H groups in total. The molecule has 0 aromatic heterocycles. The first-order chi connectivity index (χ1) is 8.93. The zero-order valence-corrected chi connectivity index (χ0v) is 10.8. The number of hydrogen-bond donors (Lipinski definition) is 2. The summed E-state index contributed by atoms with van der Waals surface area (Å²) in [5.41, 5.74) is 6.53. The van der Waals surface area contributed by atoms with E-state index in [9.17, 15) is 9.59 Å². The molecular weight excluding hydrogens is 242 g/mol. The minimum Gasteiger partial charge on any atom is -0.351 e. The Kier molecular flexibility index (Phi) is 4.84. The third-order valence-corrected chi connectivity index (χ3v) is 2.52. The molecule has 3 amide bonds. The van der Waals surface area contributed by atoms with Crippen molar-refractivity contribution in [3.05, 3.63) is 41.0 Å². The number of nitrogens with zero attached hydrogens (tertiary/aromatic N) is 1. The molecular formula is C14H15N3O2. The average Bonchev–Trinajstić information content (AvgIpc) is 2.35. The molecule has 0 heterocycles. The van der Waals surface area contributed by atoms with Crippen LogP contribution in [0.3, 0.4) is 0 Å². The zero-order chi connectivity index (χ0) is 14.4. The summed E-state index contributed by atoms with van der Waals surface area (Å²) in [7, 11) is 0. The second-order valence-corrected chi connectivity index (χ2v) is 4.31. The largest absolute Gasteiger partial charge is 0.351 e. The van der Waals surface area contributed by atoms with Crippen LogP contribution >= 0.6 is 0 Å². The van der Waals surface area contributed by atoms with Gasteiger partial charge in [-0.3, -0.25) is 10.1 Å². The monoisotopic (exact) mass is 257 g/mol. The SMILES string of the molecule is CC(C)c1ccc(/C=C(/C#N)C(=O)NC(N)=O)cc1. The minimum absolute atomic E-state index is 0.170. The average molecular weight is 257 g/mol. The van der Waals surface area contributed by atoms with Crippen LogP contribution in [0.25, 0.3) is 6.08 Å². The van der Waals surface area contributed by atoms with E-state index in [0.717, 1.165) is 5.56 Å². The quantitative estimate of drug-likeness (QED) is 0.639. The maximum Gasteiger partial charge on any atom is 0.319 e. The van der Waals surface area contributed by atoms with E-state index in [-0.39, 0.29) is 5.57 Å². The van der Waals surface area contributed by atoms with E-state index in [1.165, 1.54) is 6.08 Å². The van der Waals surface area contributed by atoms with Crippen molar-refractivity contribution in [3.8, 4) is 6.07 Å². The van der Waals surface area contributed by atoms with Gasteiger partial charge < -0.3 is 5.73 Å². The van der Waals surface area contributed by atoms with Crippen molar-refractivity contribution in [1.82, 2.24) is 5.32 Å². The standard InChI is InChI=1S/C14H15N3O2/c1-9(2)11-5-3-10(4-6-11)7-12(8-15)13(18)17-14(16)19/h3-7,9H,1-2H3,(H3,16,17,18,19)/b12-7-. The Hall–Kier alpha value is -2.61. The van der Waals surface area contributed by atoms with E-state index >= 15 is 0 Å². The molecule has 98 valence electrons. The number of urea groups is 1. The normalized spacial score (nSPS) is 10.9. The van der Waals surface area contributed by atoms with E-state index in [0.29, 0.717) is 11.5 Å². The maximum atomic E-state index is 11.5. The van der Waals surface area contributed by atoms with Gasteiger partial charge >= 0.3 is 6.03 Å². The summed E-state index contributed by atoms with van der Waals surface area (Å²) >= 11 is 0. The Morgan fingerprint density at radius 1 is 1.32 bits per heavy atom. The van der Waals surface area contributed by atoms with Crippen molar-refractivity contribution in [2.45, 2.75) is 19.8 Å². The number of hydrogen-bond acceptors (Lipinski definition) is 3. The van der Waals surface area contributed by atoms with Gasteiger partial charge in [0.25, 0.3) is 5.91 Å². The molecule has 1 aromatic rings. The summed E-state index contributed by atoms with van der Waals surface area (Å²) in [4.78, 5) is 22.0. The number of imide groups is 1. The molecule has 0 aliphatic heterocycles. The molecule has 19 heavy (non-hydrogen) atoms. The Bertz CT molecular complexity index is 551. The molecule has 0 unspecified atom stereocenters. The van der Waals surface area contributed by atoms with Crippen molar-refractivity contribution >= 4 is 18.0 Å². The molecule has 0 radical (unpaired) electrons. The van der Waals surface area contributed by atoms with E-state index in [4.69, 9.17) is 11.0 Å². The van der Waals surface area contributed by atoms with Gasteiger partial charge in [0.15, 0.2) is 0 Å². The molecule has 0 saturated carbocycles. The van der Waals surface area contributed by atoms with Crippen LogP contribution < -0.4 is 11.1 Å². The van der Waals surface area contributed by atoms with E-state index in [2.05, 4.69) is 13.8 Å². The van der Waals surface area contributed by atoms with Crippen LogP contribution in [0.1, 0.15) is 30.9 Å². The molecule has 0 fully saturated rings. The number of carbonyl (C=O) groups is 2. The Balaban J connectivity index is 2.95. The van der Waals surface area contributed by atoms with Gasteiger partial charge in [-0.1, -0.05) is 38.1 Å². The number of benzene rings is 1. The van der Waals surface area contributed by atoms with Crippen LogP contribution in [0.2, 0.25) is 0 Å². The fourth-order valence-electron chi connectivity index (χ4n) is 1.47. The van der Waals surface area contributed by atoms with Gasteiger partial charge in [-0.05, 0) is 23.1 Å². The van der Waals surface area contributed by atoms with Gasteiger partial charge in [0, 0.05) is 0 Å². The van der Waals surface area contributed by atoms with Gasteiger partial charge in [0.05, 0.1) is 0 Å². The van der Waals surface area contributed by atoms with Crippen molar-refractivity contribution in [2.75, 3.05) is 0 Å². The summed E-state index contributed by atoms with van der Waals surface area (Å²) in [5.74, 6) is -0.394. The third kappa shape index (κ3) is 4.28. The summed E-state index contributed by atoms with van der Waals surface area (Å²) in [6.45, 7) is 4.15. The highest BCUT2D eigenvalue weighted by atomic mass is 16.2. The molecule has 0 atom stereocenters. The number of nitrogens with two attached hydrogens (primary N) is 1. The van der Waals surface area contributed by atoms with Crippen molar-refractivity contribution in [2.24, 2.45) is 5.73 Å². The molecule has 0 aliphatic carbocycles. The van der Waals surface area contributed by atoms with E-state index < -0.39 is 11.9 Å². The topological polar surface area (TPSA) is 96.0 Å². The number of nitriles is 1. The molecule has 0 saturated heterocycles. The van der Waals surface area contributed by atoms with Crippen LogP contribution in [-0.2, 0) is 4.79 Å². The predicted octanol–water partition coefficient (Wildman–Crippen LogP) is 1.91. The predicted molar refractivity (Wildman–Crippen MR) is 71.8 cm³/mol. The van der Waals surface area contributed by atoms with Gasteiger partial charge in [-0.15, -0.1) is 0 Å². The molecule has 1 rings (SSSR count). The maximum absolute atomic E-state index is 11.5. The van der Waals surface area contributed by atoms with Gasteiger partial charge in [0.1, 0.15) is 11.6 Å². The molecule has 1 aromatic carbocycles. The zero-order valence-electron chi connectivity index (χ0n) is 10.8. The molecule has 0 aliphatic rings. The van der Waals surface area contributed by atoms with Crippen LogP contribution in [0.5, 0.6) is 0 Å². The van der Waals surface area contributed by atoms with Crippen LogP contribution in [0, 0.1) is 11.3 Å². The van der Waals surface area contributed by atoms with Crippen LogP contribution in [0.4, 0.5) is 4.79 Å². The first kappa shape index (κ1) is 14.5. The molecule has 5 heteroatoms. The van der Waals surface area contributed by atoms with Crippen molar-refractivity contribution < 1.29 is 9.59 Å². The number of rotatable bonds is 3. The van der Waals surface area contributed by atoms with Crippen molar-refractivity contribution in [1.29, 1.82) is 5.26 Å². The number of nitrogens with one attached hydrogen (secondary N) is 1. The fraction of sp³-hybridized carbons (Fsp3) is 0.214. The highest BCUT2D eigenvalue weighted by Gasteiger charge is 2.10. The van der Waals surface area contributed by atoms with E-state index in [1.807, 2.05) is 29.6 Å². The van der Waals surface area contributed by atoms with Gasteiger partial charge in [-0.25, -0.2) is 4.79 Å². The fourth-order valence-corrected chi connectivity index (χ4v) is 1.47. The third-order valence-electron chi connectivity index (χ3n) is 2.52. The Morgan fingerprint density at radius 2 is 1.89 bits per heavy atom. The van der Waals surface area contributed by atoms with Crippen LogP contribution in [0.15, 0.2) is 29.8 Å². The number of carbonyl (C=O) groups excluding carboxylic acids is 2. The minimum atomic E-state index is -0.985. The first-order valence-electron chi connectivity index (χ1n) is 5.76. The highest BCUT2D eigenvalue weighted by Crippen LogP contribution is 2.16. The summed E-state index contributed by atoms with van der Waals surface area (Å²) in [6.07, 6.45) is 1.41. The van der Waals surface area contributed by atoms with Crippen molar-refractivity contribution in [3.63, 3.8) is 0 Å². The smallest absolute Gasteiger partial charge is 0.319 e. The molecule has 0 bridgehead atoms. The lowest BCUT2D eigenvalue weighted by atomic mass is 10.0. The number of amides is 3. The molecule has 5 nitrogen and oxygen atoms in total. The lowest BCUT2D eigenvalue weighted by Crippen LogP contribution is -2.35.